The van der Waals surface area contributed by atoms with Gasteiger partial charge in [0, 0.05) is 23.9 Å². The van der Waals surface area contributed by atoms with Gasteiger partial charge in [-0.05, 0) is 61.7 Å². The SMILES string of the molecule is CCS(=O)(=O)CCN(C(=O)Cc1ccc(F)c(C(F)(F)F)c1)[C@H](C)c1nc(C2CC2)c(Cl)n1-c1ccc(C#N)cc1. The number of benzene rings is 2. The zero-order valence-electron chi connectivity index (χ0n) is 22.3. The van der Waals surface area contributed by atoms with Crippen LogP contribution >= 0.6 is 11.6 Å². The van der Waals surface area contributed by atoms with Crippen LogP contribution in [0.25, 0.3) is 5.69 Å². The molecule has 0 spiro atoms. The number of sulfone groups is 1. The van der Waals surface area contributed by atoms with Crippen molar-refractivity contribution >= 4 is 27.3 Å². The molecule has 2 aromatic carbocycles. The van der Waals surface area contributed by atoms with Crippen LogP contribution in [0.2, 0.25) is 5.15 Å². The first-order valence-electron chi connectivity index (χ1n) is 12.9. The average molecular weight is 611 g/mol. The Hall–Kier alpha value is -3.43. The summed E-state index contributed by atoms with van der Waals surface area (Å²) in [6.07, 6.45) is -3.73. The van der Waals surface area contributed by atoms with E-state index >= 15 is 0 Å². The Kier molecular flexibility index (Phi) is 8.80. The van der Waals surface area contributed by atoms with Gasteiger partial charge in [0.1, 0.15) is 16.8 Å². The summed E-state index contributed by atoms with van der Waals surface area (Å²) in [7, 11) is -3.52. The molecule has 1 aromatic heterocycles. The summed E-state index contributed by atoms with van der Waals surface area (Å²) >= 11 is 6.77. The fourth-order valence-corrected chi connectivity index (χ4v) is 5.64. The van der Waals surface area contributed by atoms with Crippen LogP contribution < -0.4 is 0 Å². The van der Waals surface area contributed by atoms with Crippen LogP contribution in [0, 0.1) is 17.1 Å². The third-order valence-electron chi connectivity index (χ3n) is 7.03. The second kappa shape index (κ2) is 11.8. The van der Waals surface area contributed by atoms with E-state index in [4.69, 9.17) is 16.6 Å². The first-order chi connectivity index (χ1) is 19.3. The number of imidazole rings is 1. The molecule has 0 saturated heterocycles. The molecule has 0 radical (unpaired) electrons. The van der Waals surface area contributed by atoms with Gasteiger partial charge in [-0.25, -0.2) is 17.8 Å². The predicted octanol–water partition coefficient (Wildman–Crippen LogP) is 6.00. The van der Waals surface area contributed by atoms with Crippen molar-refractivity contribution in [2.24, 2.45) is 0 Å². The highest BCUT2D eigenvalue weighted by molar-refractivity contribution is 7.91. The summed E-state index contributed by atoms with van der Waals surface area (Å²) < 4.78 is 80.1. The van der Waals surface area contributed by atoms with Gasteiger partial charge >= 0.3 is 6.18 Å². The summed E-state index contributed by atoms with van der Waals surface area (Å²) in [5.74, 6) is -2.20. The lowest BCUT2D eigenvalue weighted by atomic mass is 10.1. The van der Waals surface area contributed by atoms with Gasteiger partial charge in [-0.3, -0.25) is 9.36 Å². The van der Waals surface area contributed by atoms with Gasteiger partial charge in [0.15, 0.2) is 9.84 Å². The molecule has 0 N–H and O–H groups in total. The zero-order chi connectivity index (χ0) is 30.1. The molecule has 3 aromatic rings. The highest BCUT2D eigenvalue weighted by Crippen LogP contribution is 2.44. The lowest BCUT2D eigenvalue weighted by molar-refractivity contribution is -0.140. The van der Waals surface area contributed by atoms with Gasteiger partial charge in [0.2, 0.25) is 5.91 Å². The van der Waals surface area contributed by atoms with Crippen molar-refractivity contribution in [3.05, 3.63) is 81.6 Å². The van der Waals surface area contributed by atoms with Gasteiger partial charge in [-0.1, -0.05) is 24.6 Å². The lowest BCUT2D eigenvalue weighted by Crippen LogP contribution is -2.39. The second-order valence-electron chi connectivity index (χ2n) is 9.90. The standard InChI is InChI=1S/C28H27ClF4N4O3S/c1-3-41(39,40)13-12-36(24(38)15-19-6-11-23(30)22(14-19)28(31,32)33)17(2)27-35-25(20-7-8-20)26(29)37(27)21-9-4-18(16-34)5-10-21/h4-6,9-11,14,17,20H,3,7-8,12-13,15H2,1-2H3/t17-/m1/s1. The van der Waals surface area contributed by atoms with Crippen molar-refractivity contribution in [1.29, 1.82) is 5.26 Å². The van der Waals surface area contributed by atoms with Gasteiger partial charge in [-0.15, -0.1) is 0 Å². The molecule has 218 valence electrons. The molecule has 1 aliphatic carbocycles. The molecule has 1 amide bonds. The number of amides is 1. The van der Waals surface area contributed by atoms with E-state index in [-0.39, 0.29) is 29.5 Å². The Morgan fingerprint density at radius 1 is 1.22 bits per heavy atom. The number of hydrogen-bond donors (Lipinski definition) is 0. The third-order valence-corrected chi connectivity index (χ3v) is 9.07. The topological polar surface area (TPSA) is 96.1 Å². The van der Waals surface area contributed by atoms with Crippen molar-refractivity contribution in [2.75, 3.05) is 18.1 Å². The number of nitrogens with zero attached hydrogens (tertiary/aromatic N) is 4. The molecule has 0 unspecified atom stereocenters. The molecule has 1 atom stereocenters. The van der Waals surface area contributed by atoms with E-state index in [2.05, 4.69) is 0 Å². The maximum absolute atomic E-state index is 13.8. The first kappa shape index (κ1) is 30.5. The zero-order valence-corrected chi connectivity index (χ0v) is 23.8. The van der Waals surface area contributed by atoms with Crippen LogP contribution in [-0.4, -0.2) is 46.8 Å². The quantitative estimate of drug-likeness (QED) is 0.262. The van der Waals surface area contributed by atoms with Crippen LogP contribution in [-0.2, 0) is 27.2 Å². The fourth-order valence-electron chi connectivity index (χ4n) is 4.49. The molecular formula is C28H27ClF4N4O3S. The number of aromatic nitrogens is 2. The van der Waals surface area contributed by atoms with E-state index in [1.54, 1.807) is 35.8 Å². The summed E-state index contributed by atoms with van der Waals surface area (Å²) in [5, 5.41) is 9.51. The van der Waals surface area contributed by atoms with E-state index in [1.807, 2.05) is 6.07 Å². The van der Waals surface area contributed by atoms with Crippen molar-refractivity contribution < 1.29 is 30.8 Å². The van der Waals surface area contributed by atoms with E-state index < -0.39 is 45.8 Å². The normalized spacial score (nSPS) is 14.5. The van der Waals surface area contributed by atoms with Crippen molar-refractivity contribution in [3.63, 3.8) is 0 Å². The number of halogens is 5. The molecule has 7 nitrogen and oxygen atoms in total. The van der Waals surface area contributed by atoms with Crippen LogP contribution in [0.5, 0.6) is 0 Å². The van der Waals surface area contributed by atoms with Crippen molar-refractivity contribution in [1.82, 2.24) is 14.5 Å². The molecule has 1 saturated carbocycles. The molecule has 1 heterocycles. The number of alkyl halides is 3. The Balaban J connectivity index is 1.75. The van der Waals surface area contributed by atoms with Crippen LogP contribution in [0.1, 0.15) is 66.9 Å². The Morgan fingerprint density at radius 2 is 1.88 bits per heavy atom. The predicted molar refractivity (Wildman–Crippen MR) is 145 cm³/mol. The summed E-state index contributed by atoms with van der Waals surface area (Å²) in [5.41, 5.74) is 0.0395. The van der Waals surface area contributed by atoms with Crippen LogP contribution in [0.4, 0.5) is 17.6 Å². The van der Waals surface area contributed by atoms with Crippen LogP contribution in [0.3, 0.4) is 0 Å². The molecule has 41 heavy (non-hydrogen) atoms. The summed E-state index contributed by atoms with van der Waals surface area (Å²) in [6, 6.07) is 10.1. The number of carbonyl (C=O) groups excluding carboxylic acids is 1. The van der Waals surface area contributed by atoms with Gasteiger partial charge in [0.25, 0.3) is 0 Å². The van der Waals surface area contributed by atoms with Crippen molar-refractivity contribution in [3.8, 4) is 11.8 Å². The highest BCUT2D eigenvalue weighted by Gasteiger charge is 2.36. The summed E-state index contributed by atoms with van der Waals surface area (Å²) in [4.78, 5) is 19.6. The molecule has 0 aliphatic heterocycles. The molecular weight excluding hydrogens is 584 g/mol. The van der Waals surface area contributed by atoms with E-state index in [9.17, 15) is 36.0 Å². The van der Waals surface area contributed by atoms with Gasteiger partial charge in [-0.2, -0.15) is 18.4 Å². The molecule has 0 bridgehead atoms. The maximum Gasteiger partial charge on any atom is 0.419 e. The van der Waals surface area contributed by atoms with Gasteiger partial charge in [0.05, 0.1) is 41.1 Å². The van der Waals surface area contributed by atoms with E-state index in [0.717, 1.165) is 18.9 Å². The smallest absolute Gasteiger partial charge is 0.331 e. The Bertz CT molecular complexity index is 1590. The minimum absolute atomic E-state index is 0.0774. The third kappa shape index (κ3) is 6.90. The minimum atomic E-state index is -4.95. The van der Waals surface area contributed by atoms with Gasteiger partial charge < -0.3 is 4.90 Å². The number of rotatable bonds is 10. The summed E-state index contributed by atoms with van der Waals surface area (Å²) in [6.45, 7) is 2.86. The largest absolute Gasteiger partial charge is 0.419 e. The van der Waals surface area contributed by atoms with E-state index in [1.165, 1.54) is 11.8 Å². The first-order valence-corrected chi connectivity index (χ1v) is 15.1. The molecule has 13 heteroatoms. The number of carbonyl (C=O) groups is 1. The number of nitriles is 1. The molecule has 1 fully saturated rings. The van der Waals surface area contributed by atoms with Crippen molar-refractivity contribution in [2.45, 2.75) is 51.2 Å². The second-order valence-corrected chi connectivity index (χ2v) is 12.7. The fraction of sp³-hybridized carbons (Fsp3) is 0.393. The monoisotopic (exact) mass is 610 g/mol. The highest BCUT2D eigenvalue weighted by atomic mass is 35.5. The molecule has 1 aliphatic rings. The molecule has 4 rings (SSSR count). The lowest BCUT2D eigenvalue weighted by Gasteiger charge is -2.30. The maximum atomic E-state index is 13.8. The van der Waals surface area contributed by atoms with Crippen LogP contribution in [0.15, 0.2) is 42.5 Å². The Labute approximate surface area is 240 Å². The minimum Gasteiger partial charge on any atom is -0.331 e. The van der Waals surface area contributed by atoms with E-state index in [0.29, 0.717) is 40.1 Å². The average Bonchev–Trinajstić information content (AvgIpc) is 3.71. The Morgan fingerprint density at radius 3 is 2.44 bits per heavy atom. The number of hydrogen-bond acceptors (Lipinski definition) is 5.